The molecule has 0 saturated heterocycles. The predicted molar refractivity (Wildman–Crippen MR) is 96.8 cm³/mol. The molecule has 1 N–H and O–H groups in total. The number of methoxy groups -OCH3 is 1. The van der Waals surface area contributed by atoms with Gasteiger partial charge in [-0.1, -0.05) is 19.3 Å². The first-order valence-electron chi connectivity index (χ1n) is 9.34. The fraction of sp³-hybridized carbons (Fsp3) is 0.500. The van der Waals surface area contributed by atoms with Crippen LogP contribution in [0.3, 0.4) is 0 Å². The van der Waals surface area contributed by atoms with Crippen LogP contribution in [-0.4, -0.2) is 22.8 Å². The molecule has 2 aliphatic rings. The number of halogens is 1. The second kappa shape index (κ2) is 7.09. The Hall–Kier alpha value is -2.37. The van der Waals surface area contributed by atoms with Crippen molar-refractivity contribution in [3.8, 4) is 5.75 Å². The maximum Gasteiger partial charge on any atom is 0.226 e. The first kappa shape index (κ1) is 17.1. The SMILES string of the molecule is COc1ccc(F)cc1C1CC(=O)Nc2c1cnn2CC1CCCCC1. The Kier molecular flexibility index (Phi) is 4.66. The van der Waals surface area contributed by atoms with Crippen molar-refractivity contribution in [1.82, 2.24) is 9.78 Å². The highest BCUT2D eigenvalue weighted by Crippen LogP contribution is 2.41. The maximum absolute atomic E-state index is 13.8. The third kappa shape index (κ3) is 3.20. The highest BCUT2D eigenvalue weighted by molar-refractivity contribution is 5.94. The monoisotopic (exact) mass is 357 g/mol. The van der Waals surface area contributed by atoms with E-state index in [4.69, 9.17) is 4.74 Å². The largest absolute Gasteiger partial charge is 0.496 e. The lowest BCUT2D eigenvalue weighted by Gasteiger charge is -2.26. The first-order valence-corrected chi connectivity index (χ1v) is 9.34. The van der Waals surface area contributed by atoms with Crippen LogP contribution >= 0.6 is 0 Å². The molecule has 1 saturated carbocycles. The van der Waals surface area contributed by atoms with Crippen LogP contribution in [0.1, 0.15) is 55.6 Å². The smallest absolute Gasteiger partial charge is 0.226 e. The van der Waals surface area contributed by atoms with E-state index in [1.54, 1.807) is 13.2 Å². The molecule has 1 aliphatic heterocycles. The molecule has 1 fully saturated rings. The van der Waals surface area contributed by atoms with Gasteiger partial charge in [-0.2, -0.15) is 5.10 Å². The summed E-state index contributed by atoms with van der Waals surface area (Å²) < 4.78 is 21.2. The number of rotatable bonds is 4. The Morgan fingerprint density at radius 2 is 2.08 bits per heavy atom. The molecule has 1 atom stereocenters. The highest BCUT2D eigenvalue weighted by atomic mass is 19.1. The van der Waals surface area contributed by atoms with Crippen LogP contribution in [0.2, 0.25) is 0 Å². The Morgan fingerprint density at radius 1 is 1.27 bits per heavy atom. The molecule has 6 heteroatoms. The molecule has 1 aromatic carbocycles. The third-order valence-corrected chi connectivity index (χ3v) is 5.61. The van der Waals surface area contributed by atoms with Crippen LogP contribution in [0.4, 0.5) is 10.2 Å². The van der Waals surface area contributed by atoms with Crippen LogP contribution in [0.5, 0.6) is 5.75 Å². The van der Waals surface area contributed by atoms with E-state index >= 15 is 0 Å². The van der Waals surface area contributed by atoms with Crippen molar-refractivity contribution in [3.05, 3.63) is 41.3 Å². The summed E-state index contributed by atoms with van der Waals surface area (Å²) in [5.41, 5.74) is 1.63. The number of hydrogen-bond donors (Lipinski definition) is 1. The van der Waals surface area contributed by atoms with Crippen molar-refractivity contribution in [1.29, 1.82) is 0 Å². The van der Waals surface area contributed by atoms with Crippen LogP contribution < -0.4 is 10.1 Å². The molecule has 5 nitrogen and oxygen atoms in total. The average Bonchev–Trinajstić information content (AvgIpc) is 3.04. The zero-order chi connectivity index (χ0) is 18.1. The lowest BCUT2D eigenvalue weighted by molar-refractivity contribution is -0.116. The number of amides is 1. The molecule has 0 bridgehead atoms. The summed E-state index contributed by atoms with van der Waals surface area (Å²) in [5.74, 6) is 1.31. The van der Waals surface area contributed by atoms with Gasteiger partial charge >= 0.3 is 0 Å². The standard InChI is InChI=1S/C20H24FN3O2/c1-26-18-8-7-14(21)9-16(18)15-10-19(25)23-20-17(15)11-22-24(20)12-13-5-3-2-4-6-13/h7-9,11,13,15H,2-6,10,12H2,1H3,(H,23,25). The number of fused-ring (bicyclic) bond motifs is 1. The number of carbonyl (C=O) groups is 1. The molecule has 1 aliphatic carbocycles. The zero-order valence-electron chi connectivity index (χ0n) is 15.0. The van der Waals surface area contributed by atoms with Crippen LogP contribution in [0.25, 0.3) is 0 Å². The summed E-state index contributed by atoms with van der Waals surface area (Å²) in [5, 5.41) is 7.52. The van der Waals surface area contributed by atoms with Gasteiger partial charge in [0.1, 0.15) is 17.4 Å². The number of hydrogen-bond acceptors (Lipinski definition) is 3. The Bertz CT molecular complexity index is 811. The molecule has 1 unspecified atom stereocenters. The Labute approximate surface area is 152 Å². The number of benzene rings is 1. The van der Waals surface area contributed by atoms with Gasteiger partial charge < -0.3 is 10.1 Å². The van der Waals surface area contributed by atoms with Crippen molar-refractivity contribution in [2.24, 2.45) is 5.92 Å². The van der Waals surface area contributed by atoms with Gasteiger partial charge in [0.25, 0.3) is 0 Å². The number of carbonyl (C=O) groups excluding carboxylic acids is 1. The van der Waals surface area contributed by atoms with E-state index in [0.29, 0.717) is 17.2 Å². The predicted octanol–water partition coefficient (Wildman–Crippen LogP) is 4.09. The molecule has 138 valence electrons. The Balaban J connectivity index is 1.68. The fourth-order valence-corrected chi connectivity index (χ4v) is 4.28. The topological polar surface area (TPSA) is 56.1 Å². The van der Waals surface area contributed by atoms with Gasteiger partial charge in [0.05, 0.1) is 13.3 Å². The molecule has 1 amide bonds. The van der Waals surface area contributed by atoms with E-state index in [2.05, 4.69) is 10.4 Å². The molecule has 1 aromatic heterocycles. The van der Waals surface area contributed by atoms with Crippen molar-refractivity contribution in [2.45, 2.75) is 51.0 Å². The minimum atomic E-state index is -0.331. The Morgan fingerprint density at radius 3 is 2.85 bits per heavy atom. The molecule has 2 heterocycles. The lowest BCUT2D eigenvalue weighted by Crippen LogP contribution is -2.26. The van der Waals surface area contributed by atoms with Gasteiger partial charge in [0, 0.05) is 30.0 Å². The van der Waals surface area contributed by atoms with Gasteiger partial charge in [-0.15, -0.1) is 0 Å². The summed E-state index contributed by atoms with van der Waals surface area (Å²) in [6, 6.07) is 4.45. The van der Waals surface area contributed by atoms with E-state index in [-0.39, 0.29) is 24.1 Å². The minimum Gasteiger partial charge on any atom is -0.496 e. The number of nitrogens with one attached hydrogen (secondary N) is 1. The second-order valence-electron chi connectivity index (χ2n) is 7.33. The quantitative estimate of drug-likeness (QED) is 0.897. The third-order valence-electron chi connectivity index (χ3n) is 5.61. The van der Waals surface area contributed by atoms with Crippen molar-refractivity contribution < 1.29 is 13.9 Å². The van der Waals surface area contributed by atoms with E-state index in [9.17, 15) is 9.18 Å². The zero-order valence-corrected chi connectivity index (χ0v) is 15.0. The summed E-state index contributed by atoms with van der Waals surface area (Å²) in [6.07, 6.45) is 8.35. The summed E-state index contributed by atoms with van der Waals surface area (Å²) in [6.45, 7) is 0.822. The molecular formula is C20H24FN3O2. The van der Waals surface area contributed by atoms with Gasteiger partial charge in [-0.25, -0.2) is 9.07 Å². The number of anilines is 1. The molecule has 0 spiro atoms. The van der Waals surface area contributed by atoms with Crippen LogP contribution in [0.15, 0.2) is 24.4 Å². The van der Waals surface area contributed by atoms with E-state index < -0.39 is 0 Å². The fourth-order valence-electron chi connectivity index (χ4n) is 4.28. The normalized spacial score (nSPS) is 20.5. The first-order chi connectivity index (χ1) is 12.7. The van der Waals surface area contributed by atoms with E-state index in [1.807, 2.05) is 10.9 Å². The molecule has 0 radical (unpaired) electrons. The average molecular weight is 357 g/mol. The van der Waals surface area contributed by atoms with Gasteiger partial charge in [-0.05, 0) is 37.0 Å². The van der Waals surface area contributed by atoms with Crippen LogP contribution in [-0.2, 0) is 11.3 Å². The number of ether oxygens (including phenoxy) is 1. The van der Waals surface area contributed by atoms with Gasteiger partial charge in [0.15, 0.2) is 0 Å². The lowest BCUT2D eigenvalue weighted by atomic mass is 9.86. The molecule has 2 aromatic rings. The number of nitrogens with zero attached hydrogens (tertiary/aromatic N) is 2. The molecular weight excluding hydrogens is 333 g/mol. The summed E-state index contributed by atoms with van der Waals surface area (Å²) in [4.78, 5) is 12.3. The number of aromatic nitrogens is 2. The molecule has 4 rings (SSSR count). The van der Waals surface area contributed by atoms with Crippen molar-refractivity contribution in [2.75, 3.05) is 12.4 Å². The second-order valence-corrected chi connectivity index (χ2v) is 7.33. The maximum atomic E-state index is 13.8. The van der Waals surface area contributed by atoms with E-state index in [0.717, 1.165) is 17.9 Å². The van der Waals surface area contributed by atoms with Gasteiger partial charge in [-0.3, -0.25) is 4.79 Å². The summed E-state index contributed by atoms with van der Waals surface area (Å²) in [7, 11) is 1.56. The van der Waals surface area contributed by atoms with E-state index in [1.165, 1.54) is 44.2 Å². The van der Waals surface area contributed by atoms with Crippen molar-refractivity contribution in [3.63, 3.8) is 0 Å². The van der Waals surface area contributed by atoms with Gasteiger partial charge in [0.2, 0.25) is 5.91 Å². The highest BCUT2D eigenvalue weighted by Gasteiger charge is 2.32. The van der Waals surface area contributed by atoms with Crippen molar-refractivity contribution >= 4 is 11.7 Å². The minimum absolute atomic E-state index is 0.0702. The summed E-state index contributed by atoms with van der Waals surface area (Å²) >= 11 is 0. The van der Waals surface area contributed by atoms with Crippen LogP contribution in [0, 0.1) is 11.7 Å². The molecule has 26 heavy (non-hydrogen) atoms.